The van der Waals surface area contributed by atoms with Crippen LogP contribution in [-0.4, -0.2) is 46.9 Å². The molecule has 1 aliphatic heterocycles. The smallest absolute Gasteiger partial charge is 0.225 e. The zero-order valence-corrected chi connectivity index (χ0v) is 16.2. The standard InChI is InChI=1S/C21H26ClN3O/c1-16(15-18-7-3-4-8-19(18)22)21(26)25-13-11-24(12-14-25)17(2)20-9-5-6-10-23-20/h3-10,16-17H,11-15H2,1-2H3. The number of hydrogen-bond acceptors (Lipinski definition) is 3. The number of pyridine rings is 1. The third-order valence-electron chi connectivity index (χ3n) is 5.19. The number of piperazine rings is 1. The van der Waals surface area contributed by atoms with E-state index in [2.05, 4.69) is 22.9 Å². The van der Waals surface area contributed by atoms with Crippen LogP contribution in [0, 0.1) is 5.92 Å². The Labute approximate surface area is 160 Å². The summed E-state index contributed by atoms with van der Waals surface area (Å²) in [6.45, 7) is 7.46. The van der Waals surface area contributed by atoms with Crippen molar-refractivity contribution in [2.45, 2.75) is 26.3 Å². The third kappa shape index (κ3) is 4.43. The quantitative estimate of drug-likeness (QED) is 0.801. The molecule has 26 heavy (non-hydrogen) atoms. The molecule has 3 rings (SSSR count). The molecule has 4 nitrogen and oxygen atoms in total. The molecule has 1 aromatic carbocycles. The first-order valence-electron chi connectivity index (χ1n) is 9.23. The zero-order chi connectivity index (χ0) is 18.5. The van der Waals surface area contributed by atoms with Gasteiger partial charge in [-0.05, 0) is 37.1 Å². The molecule has 2 heterocycles. The Bertz CT molecular complexity index is 729. The molecule has 0 N–H and O–H groups in total. The van der Waals surface area contributed by atoms with Gasteiger partial charge in [-0.15, -0.1) is 0 Å². The number of amides is 1. The molecule has 5 heteroatoms. The van der Waals surface area contributed by atoms with Crippen LogP contribution in [0.2, 0.25) is 5.02 Å². The molecule has 0 bridgehead atoms. The molecule has 0 radical (unpaired) electrons. The van der Waals surface area contributed by atoms with Crippen LogP contribution in [0.5, 0.6) is 0 Å². The van der Waals surface area contributed by atoms with Gasteiger partial charge >= 0.3 is 0 Å². The Balaban J connectivity index is 1.54. The summed E-state index contributed by atoms with van der Waals surface area (Å²) in [5, 5.41) is 0.737. The second-order valence-electron chi connectivity index (χ2n) is 6.99. The maximum atomic E-state index is 12.8. The number of aromatic nitrogens is 1. The predicted octanol–water partition coefficient (Wildman–Crippen LogP) is 3.82. The van der Waals surface area contributed by atoms with Crippen molar-refractivity contribution >= 4 is 17.5 Å². The molecule has 0 aliphatic carbocycles. The lowest BCUT2D eigenvalue weighted by Gasteiger charge is -2.38. The van der Waals surface area contributed by atoms with Gasteiger partial charge in [0, 0.05) is 49.4 Å². The number of carbonyl (C=O) groups excluding carboxylic acids is 1. The van der Waals surface area contributed by atoms with Gasteiger partial charge in [0.05, 0.1) is 5.69 Å². The number of hydrogen-bond donors (Lipinski definition) is 0. The Morgan fingerprint density at radius 3 is 2.42 bits per heavy atom. The molecule has 1 saturated heterocycles. The lowest BCUT2D eigenvalue weighted by atomic mass is 9.99. The van der Waals surface area contributed by atoms with Gasteiger partial charge in [-0.1, -0.05) is 42.8 Å². The average Bonchev–Trinajstić information content (AvgIpc) is 2.69. The molecule has 1 aliphatic rings. The first-order chi connectivity index (χ1) is 12.6. The number of benzene rings is 1. The highest BCUT2D eigenvalue weighted by Gasteiger charge is 2.27. The van der Waals surface area contributed by atoms with E-state index in [0.29, 0.717) is 6.42 Å². The Hall–Kier alpha value is -1.91. The minimum Gasteiger partial charge on any atom is -0.340 e. The second kappa shape index (κ2) is 8.65. The van der Waals surface area contributed by atoms with E-state index in [1.54, 1.807) is 0 Å². The van der Waals surface area contributed by atoms with E-state index in [1.165, 1.54) is 0 Å². The van der Waals surface area contributed by atoms with Crippen molar-refractivity contribution in [2.75, 3.05) is 26.2 Å². The van der Waals surface area contributed by atoms with E-state index < -0.39 is 0 Å². The molecule has 1 amide bonds. The van der Waals surface area contributed by atoms with Gasteiger partial charge in [0.1, 0.15) is 0 Å². The Kier molecular flexibility index (Phi) is 6.28. The third-order valence-corrected chi connectivity index (χ3v) is 5.56. The normalized spacial score (nSPS) is 17.7. The minimum atomic E-state index is -0.0605. The van der Waals surface area contributed by atoms with E-state index in [1.807, 2.05) is 54.4 Å². The van der Waals surface area contributed by atoms with Crippen molar-refractivity contribution in [3.05, 3.63) is 64.9 Å². The fourth-order valence-electron chi connectivity index (χ4n) is 3.53. The molecule has 2 atom stereocenters. The highest BCUT2D eigenvalue weighted by molar-refractivity contribution is 6.31. The van der Waals surface area contributed by atoms with Crippen LogP contribution in [0.4, 0.5) is 0 Å². The van der Waals surface area contributed by atoms with Crippen molar-refractivity contribution in [3.8, 4) is 0 Å². The van der Waals surface area contributed by atoms with Crippen LogP contribution in [0.15, 0.2) is 48.7 Å². The van der Waals surface area contributed by atoms with Gasteiger partial charge in [-0.25, -0.2) is 0 Å². The molecule has 1 fully saturated rings. The van der Waals surface area contributed by atoms with E-state index in [4.69, 9.17) is 11.6 Å². The molecular weight excluding hydrogens is 346 g/mol. The number of carbonyl (C=O) groups is 1. The summed E-state index contributed by atoms with van der Waals surface area (Å²) in [7, 11) is 0. The van der Waals surface area contributed by atoms with Crippen LogP contribution in [-0.2, 0) is 11.2 Å². The molecule has 2 aromatic rings. The number of rotatable bonds is 5. The average molecular weight is 372 g/mol. The topological polar surface area (TPSA) is 36.4 Å². The van der Waals surface area contributed by atoms with Crippen molar-refractivity contribution < 1.29 is 4.79 Å². The van der Waals surface area contributed by atoms with E-state index in [9.17, 15) is 4.79 Å². The van der Waals surface area contributed by atoms with Crippen LogP contribution in [0.1, 0.15) is 31.1 Å². The largest absolute Gasteiger partial charge is 0.340 e. The van der Waals surface area contributed by atoms with Crippen LogP contribution < -0.4 is 0 Å². The van der Waals surface area contributed by atoms with Gasteiger partial charge in [-0.3, -0.25) is 14.7 Å². The first kappa shape index (κ1) is 18.9. The predicted molar refractivity (Wildman–Crippen MR) is 105 cm³/mol. The highest BCUT2D eigenvalue weighted by atomic mass is 35.5. The van der Waals surface area contributed by atoms with Crippen molar-refractivity contribution in [2.24, 2.45) is 5.92 Å². The monoisotopic (exact) mass is 371 g/mol. The summed E-state index contributed by atoms with van der Waals surface area (Å²) >= 11 is 6.23. The summed E-state index contributed by atoms with van der Waals surface area (Å²) in [4.78, 5) is 21.7. The van der Waals surface area contributed by atoms with Gasteiger partial charge in [-0.2, -0.15) is 0 Å². The van der Waals surface area contributed by atoms with Gasteiger partial charge in [0.25, 0.3) is 0 Å². The maximum absolute atomic E-state index is 12.8. The lowest BCUT2D eigenvalue weighted by Crippen LogP contribution is -2.50. The lowest BCUT2D eigenvalue weighted by molar-refractivity contribution is -0.137. The Morgan fingerprint density at radius 1 is 1.08 bits per heavy atom. The summed E-state index contributed by atoms with van der Waals surface area (Å²) < 4.78 is 0. The summed E-state index contributed by atoms with van der Waals surface area (Å²) in [5.74, 6) is 0.157. The van der Waals surface area contributed by atoms with Crippen molar-refractivity contribution in [1.82, 2.24) is 14.8 Å². The molecular formula is C21H26ClN3O. The summed E-state index contributed by atoms with van der Waals surface area (Å²) in [6.07, 6.45) is 2.52. The van der Waals surface area contributed by atoms with E-state index >= 15 is 0 Å². The van der Waals surface area contributed by atoms with Gasteiger partial charge < -0.3 is 4.90 Å². The van der Waals surface area contributed by atoms with Crippen LogP contribution in [0.3, 0.4) is 0 Å². The maximum Gasteiger partial charge on any atom is 0.225 e. The molecule has 1 aromatic heterocycles. The van der Waals surface area contributed by atoms with Crippen LogP contribution in [0.25, 0.3) is 0 Å². The van der Waals surface area contributed by atoms with Crippen molar-refractivity contribution in [3.63, 3.8) is 0 Å². The molecule has 0 saturated carbocycles. The molecule has 138 valence electrons. The molecule has 0 spiro atoms. The fourth-order valence-corrected chi connectivity index (χ4v) is 3.75. The number of nitrogens with zero attached hydrogens (tertiary/aromatic N) is 3. The molecule has 2 unspecified atom stereocenters. The fraction of sp³-hybridized carbons (Fsp3) is 0.429. The van der Waals surface area contributed by atoms with Crippen molar-refractivity contribution in [1.29, 1.82) is 0 Å². The second-order valence-corrected chi connectivity index (χ2v) is 7.40. The van der Waals surface area contributed by atoms with Gasteiger partial charge in [0.2, 0.25) is 5.91 Å². The first-order valence-corrected chi connectivity index (χ1v) is 9.61. The minimum absolute atomic E-state index is 0.0605. The highest BCUT2D eigenvalue weighted by Crippen LogP contribution is 2.22. The number of halogens is 1. The Morgan fingerprint density at radius 2 is 1.77 bits per heavy atom. The van der Waals surface area contributed by atoms with Gasteiger partial charge in [0.15, 0.2) is 0 Å². The summed E-state index contributed by atoms with van der Waals surface area (Å²) in [6, 6.07) is 14.1. The van der Waals surface area contributed by atoms with Crippen LogP contribution >= 0.6 is 11.6 Å². The summed E-state index contributed by atoms with van der Waals surface area (Å²) in [5.41, 5.74) is 2.12. The van der Waals surface area contributed by atoms with E-state index in [0.717, 1.165) is 42.5 Å². The zero-order valence-electron chi connectivity index (χ0n) is 15.4. The SMILES string of the molecule is CC(Cc1ccccc1Cl)C(=O)N1CCN(C(C)c2ccccn2)CC1. The van der Waals surface area contributed by atoms with E-state index in [-0.39, 0.29) is 17.9 Å².